The maximum Gasteiger partial charge on any atom is 0.163 e. The number of hydrogen-bond donors (Lipinski definition) is 1. The molecule has 0 amide bonds. The minimum Gasteiger partial charge on any atom is -0.507 e. The number of anilines is 2. The van der Waals surface area contributed by atoms with Gasteiger partial charge in [-0.15, -0.1) is 0 Å². The first-order valence-electron chi connectivity index (χ1n) is 6.71. The third-order valence-electron chi connectivity index (χ3n) is 3.39. The standard InChI is InChI=1S/C17H19NO2/c1-4-18(16-8-6-5-7-12(16)2)14-9-10-15(13(3)19)17(20)11-14/h5-11,20H,4H2,1-3H3. The fraction of sp³-hybridized carbons (Fsp3) is 0.235. The number of nitrogens with zero attached hydrogens (tertiary/aromatic N) is 1. The van der Waals surface area contributed by atoms with Crippen LogP contribution in [-0.2, 0) is 0 Å². The molecule has 0 fully saturated rings. The Hall–Kier alpha value is -2.29. The molecule has 2 rings (SSSR count). The number of phenols is 1. The van der Waals surface area contributed by atoms with Crippen molar-refractivity contribution in [2.45, 2.75) is 20.8 Å². The Morgan fingerprint density at radius 2 is 1.90 bits per heavy atom. The Labute approximate surface area is 119 Å². The number of rotatable bonds is 4. The number of carbonyl (C=O) groups is 1. The SMILES string of the molecule is CCN(c1ccc(C(C)=O)c(O)c1)c1ccccc1C. The first kappa shape index (κ1) is 14.1. The van der Waals surface area contributed by atoms with E-state index < -0.39 is 0 Å². The molecule has 0 aromatic heterocycles. The van der Waals surface area contributed by atoms with Crippen LogP contribution in [0.3, 0.4) is 0 Å². The highest BCUT2D eigenvalue weighted by Crippen LogP contribution is 2.31. The molecule has 0 bridgehead atoms. The number of carbonyl (C=O) groups excluding carboxylic acids is 1. The maximum atomic E-state index is 11.4. The van der Waals surface area contributed by atoms with Gasteiger partial charge in [0.05, 0.1) is 5.56 Å². The third kappa shape index (κ3) is 2.67. The van der Waals surface area contributed by atoms with E-state index in [1.54, 1.807) is 12.1 Å². The molecule has 20 heavy (non-hydrogen) atoms. The highest BCUT2D eigenvalue weighted by Gasteiger charge is 2.13. The Bertz CT molecular complexity index is 635. The Morgan fingerprint density at radius 3 is 2.45 bits per heavy atom. The van der Waals surface area contributed by atoms with Crippen molar-refractivity contribution in [2.24, 2.45) is 0 Å². The van der Waals surface area contributed by atoms with Gasteiger partial charge in [0.15, 0.2) is 5.78 Å². The van der Waals surface area contributed by atoms with Crippen LogP contribution in [-0.4, -0.2) is 17.4 Å². The van der Waals surface area contributed by atoms with Crippen molar-refractivity contribution >= 4 is 17.2 Å². The van der Waals surface area contributed by atoms with E-state index in [0.717, 1.165) is 17.9 Å². The third-order valence-corrected chi connectivity index (χ3v) is 3.39. The molecular weight excluding hydrogens is 250 g/mol. The van der Waals surface area contributed by atoms with Crippen molar-refractivity contribution < 1.29 is 9.90 Å². The van der Waals surface area contributed by atoms with Crippen LogP contribution < -0.4 is 4.90 Å². The number of ketones is 1. The second-order valence-electron chi connectivity index (χ2n) is 4.79. The van der Waals surface area contributed by atoms with E-state index in [1.165, 1.54) is 12.5 Å². The summed E-state index contributed by atoms with van der Waals surface area (Å²) in [5.74, 6) is -0.102. The molecule has 0 radical (unpaired) electrons. The minimum absolute atomic E-state index is 0.0297. The zero-order chi connectivity index (χ0) is 14.7. The van der Waals surface area contributed by atoms with Crippen LogP contribution in [0.15, 0.2) is 42.5 Å². The van der Waals surface area contributed by atoms with Gasteiger partial charge in [0.25, 0.3) is 0 Å². The van der Waals surface area contributed by atoms with Crippen LogP contribution in [0.2, 0.25) is 0 Å². The Kier molecular flexibility index (Phi) is 4.08. The van der Waals surface area contributed by atoms with Crippen molar-refractivity contribution in [3.05, 3.63) is 53.6 Å². The van der Waals surface area contributed by atoms with Gasteiger partial charge in [-0.05, 0) is 44.5 Å². The van der Waals surface area contributed by atoms with Gasteiger partial charge in [0.2, 0.25) is 0 Å². The van der Waals surface area contributed by atoms with Gasteiger partial charge >= 0.3 is 0 Å². The molecule has 0 heterocycles. The lowest BCUT2D eigenvalue weighted by atomic mass is 10.1. The smallest absolute Gasteiger partial charge is 0.163 e. The molecule has 104 valence electrons. The van der Waals surface area contributed by atoms with Gasteiger partial charge < -0.3 is 10.0 Å². The molecule has 0 atom stereocenters. The molecule has 1 N–H and O–H groups in total. The molecular formula is C17H19NO2. The van der Waals surface area contributed by atoms with E-state index >= 15 is 0 Å². The first-order chi connectivity index (χ1) is 9.54. The molecule has 0 saturated heterocycles. The van der Waals surface area contributed by atoms with Crippen LogP contribution >= 0.6 is 0 Å². The average molecular weight is 269 g/mol. The molecule has 0 aliphatic carbocycles. The summed E-state index contributed by atoms with van der Waals surface area (Å²) < 4.78 is 0. The van der Waals surface area contributed by atoms with Crippen LogP contribution in [0.4, 0.5) is 11.4 Å². The molecule has 0 unspecified atom stereocenters. The summed E-state index contributed by atoms with van der Waals surface area (Å²) in [4.78, 5) is 13.5. The van der Waals surface area contributed by atoms with Gasteiger partial charge in [-0.2, -0.15) is 0 Å². The Balaban J connectivity index is 2.46. The number of benzene rings is 2. The van der Waals surface area contributed by atoms with Gasteiger partial charge in [-0.3, -0.25) is 4.79 Å². The first-order valence-corrected chi connectivity index (χ1v) is 6.71. The van der Waals surface area contributed by atoms with Crippen LogP contribution in [0.5, 0.6) is 5.75 Å². The number of aromatic hydroxyl groups is 1. The van der Waals surface area contributed by atoms with Gasteiger partial charge in [0.1, 0.15) is 5.75 Å². The molecule has 0 aliphatic rings. The summed E-state index contributed by atoms with van der Waals surface area (Å²) >= 11 is 0. The summed E-state index contributed by atoms with van der Waals surface area (Å²) in [7, 11) is 0. The topological polar surface area (TPSA) is 40.5 Å². The molecule has 2 aromatic rings. The summed E-state index contributed by atoms with van der Waals surface area (Å²) in [5, 5.41) is 9.97. The average Bonchev–Trinajstić information content (AvgIpc) is 2.41. The van der Waals surface area contributed by atoms with Gasteiger partial charge in [0, 0.05) is 24.0 Å². The fourth-order valence-electron chi connectivity index (χ4n) is 2.34. The molecule has 0 aliphatic heterocycles. The molecule has 3 nitrogen and oxygen atoms in total. The van der Waals surface area contributed by atoms with Gasteiger partial charge in [-0.1, -0.05) is 18.2 Å². The quantitative estimate of drug-likeness (QED) is 0.851. The second-order valence-corrected chi connectivity index (χ2v) is 4.79. The lowest BCUT2D eigenvalue weighted by Gasteiger charge is -2.25. The van der Waals surface area contributed by atoms with Crippen molar-refractivity contribution in [1.82, 2.24) is 0 Å². The Morgan fingerprint density at radius 1 is 1.20 bits per heavy atom. The monoisotopic (exact) mass is 269 g/mol. The van der Waals surface area contributed by atoms with E-state index in [-0.39, 0.29) is 11.5 Å². The zero-order valence-electron chi connectivity index (χ0n) is 12.1. The lowest BCUT2D eigenvalue weighted by molar-refractivity contribution is 0.101. The number of Topliss-reactive ketones (excluding diaryl/α,β-unsaturated/α-hetero) is 1. The second kappa shape index (κ2) is 5.78. The molecule has 0 spiro atoms. The molecule has 3 heteroatoms. The van der Waals surface area contributed by atoms with Crippen LogP contribution in [0.1, 0.15) is 29.8 Å². The fourth-order valence-corrected chi connectivity index (χ4v) is 2.34. The highest BCUT2D eigenvalue weighted by atomic mass is 16.3. The van der Waals surface area contributed by atoms with Crippen molar-refractivity contribution in [3.8, 4) is 5.75 Å². The number of hydrogen-bond acceptors (Lipinski definition) is 3. The molecule has 2 aromatic carbocycles. The number of para-hydroxylation sites is 1. The van der Waals surface area contributed by atoms with Crippen LogP contribution in [0.25, 0.3) is 0 Å². The summed E-state index contributed by atoms with van der Waals surface area (Å²) in [6, 6.07) is 13.3. The normalized spacial score (nSPS) is 10.3. The summed E-state index contributed by atoms with van der Waals surface area (Å²) in [6.45, 7) is 6.35. The summed E-state index contributed by atoms with van der Waals surface area (Å²) in [5.41, 5.74) is 3.51. The maximum absolute atomic E-state index is 11.4. The minimum atomic E-state index is -0.131. The van der Waals surface area contributed by atoms with Crippen molar-refractivity contribution in [1.29, 1.82) is 0 Å². The lowest BCUT2D eigenvalue weighted by Crippen LogP contribution is -2.17. The predicted octanol–water partition coefficient (Wildman–Crippen LogP) is 4.06. The van der Waals surface area contributed by atoms with E-state index in [1.807, 2.05) is 18.2 Å². The van der Waals surface area contributed by atoms with Gasteiger partial charge in [-0.25, -0.2) is 0 Å². The number of aryl methyl sites for hydroxylation is 1. The highest BCUT2D eigenvalue weighted by molar-refractivity contribution is 5.97. The largest absolute Gasteiger partial charge is 0.507 e. The van der Waals surface area contributed by atoms with E-state index in [2.05, 4.69) is 30.9 Å². The predicted molar refractivity (Wildman–Crippen MR) is 82.0 cm³/mol. The van der Waals surface area contributed by atoms with E-state index in [4.69, 9.17) is 0 Å². The number of phenolic OH excluding ortho intramolecular Hbond substituents is 1. The van der Waals surface area contributed by atoms with Crippen LogP contribution in [0, 0.1) is 6.92 Å². The molecule has 0 saturated carbocycles. The van der Waals surface area contributed by atoms with Crippen molar-refractivity contribution in [3.63, 3.8) is 0 Å². The zero-order valence-corrected chi connectivity index (χ0v) is 12.1. The van der Waals surface area contributed by atoms with E-state index in [0.29, 0.717) is 5.56 Å². The summed E-state index contributed by atoms with van der Waals surface area (Å²) in [6.07, 6.45) is 0. The van der Waals surface area contributed by atoms with E-state index in [9.17, 15) is 9.90 Å². The van der Waals surface area contributed by atoms with Crippen molar-refractivity contribution in [2.75, 3.05) is 11.4 Å².